The van der Waals surface area contributed by atoms with Crippen LogP contribution in [0.15, 0.2) is 15.9 Å². The summed E-state index contributed by atoms with van der Waals surface area (Å²) in [5.74, 6) is 0.620. The summed E-state index contributed by atoms with van der Waals surface area (Å²) in [5, 5.41) is 10.5. The minimum Gasteiger partial charge on any atom is -0.440 e. The Morgan fingerprint density at radius 2 is 2.55 bits per heavy atom. The fraction of sp³-hybridized carbons (Fsp3) is 0.286. The lowest BCUT2D eigenvalue weighted by molar-refractivity contribution is 0.287. The molecule has 2 aromatic rings. The van der Waals surface area contributed by atoms with E-state index >= 15 is 0 Å². The van der Waals surface area contributed by atoms with Gasteiger partial charge in [-0.15, -0.1) is 11.3 Å². The summed E-state index contributed by atoms with van der Waals surface area (Å²) < 4.78 is 5.29. The lowest BCUT2D eigenvalue weighted by Gasteiger charge is -1.85. The van der Waals surface area contributed by atoms with Crippen LogP contribution in [-0.2, 0) is 6.42 Å². The smallest absolute Gasteiger partial charge is 0.198 e. The van der Waals surface area contributed by atoms with E-state index in [1.807, 2.05) is 11.4 Å². The minimum absolute atomic E-state index is 0.0910. The molecule has 0 fully saturated rings. The van der Waals surface area contributed by atoms with Crippen LogP contribution in [0.2, 0.25) is 0 Å². The van der Waals surface area contributed by atoms with E-state index in [4.69, 9.17) is 9.52 Å². The Hall–Kier alpha value is -0.870. The monoisotopic (exact) mass is 169 g/mol. The lowest BCUT2D eigenvalue weighted by atomic mass is 10.5. The van der Waals surface area contributed by atoms with Crippen molar-refractivity contribution in [2.24, 2.45) is 0 Å². The quantitative estimate of drug-likeness (QED) is 0.739. The van der Waals surface area contributed by atoms with E-state index in [1.165, 1.54) is 0 Å². The van der Waals surface area contributed by atoms with Crippen molar-refractivity contribution in [1.82, 2.24) is 4.98 Å². The first kappa shape index (κ1) is 6.82. The third-order valence-corrected chi connectivity index (χ3v) is 2.18. The molecule has 0 aliphatic rings. The van der Waals surface area contributed by atoms with Gasteiger partial charge in [0.25, 0.3) is 0 Å². The highest BCUT2D eigenvalue weighted by Crippen LogP contribution is 2.20. The van der Waals surface area contributed by atoms with Gasteiger partial charge in [0.15, 0.2) is 16.3 Å². The number of nitrogens with zero attached hydrogens (tertiary/aromatic N) is 1. The average molecular weight is 169 g/mol. The minimum atomic E-state index is 0.0910. The Morgan fingerprint density at radius 1 is 1.64 bits per heavy atom. The molecule has 0 bridgehead atoms. The van der Waals surface area contributed by atoms with Gasteiger partial charge in [-0.25, -0.2) is 4.98 Å². The van der Waals surface area contributed by atoms with Gasteiger partial charge < -0.3 is 9.52 Å². The first-order chi connectivity index (χ1) is 5.40. The van der Waals surface area contributed by atoms with E-state index in [0.717, 1.165) is 10.4 Å². The maximum Gasteiger partial charge on any atom is 0.198 e. The molecule has 0 atom stereocenters. The molecule has 11 heavy (non-hydrogen) atoms. The molecule has 2 heterocycles. The molecule has 2 aromatic heterocycles. The van der Waals surface area contributed by atoms with Crippen molar-refractivity contribution >= 4 is 21.8 Å². The first-order valence-corrected chi connectivity index (χ1v) is 4.22. The highest BCUT2D eigenvalue weighted by atomic mass is 32.1. The second-order valence-electron chi connectivity index (χ2n) is 2.17. The Bertz CT molecular complexity index is 323. The molecular formula is C7H7NO2S. The third-order valence-electron chi connectivity index (χ3n) is 1.39. The molecule has 1 N–H and O–H groups in total. The van der Waals surface area contributed by atoms with Gasteiger partial charge in [0.1, 0.15) is 0 Å². The zero-order valence-corrected chi connectivity index (χ0v) is 6.60. The largest absolute Gasteiger partial charge is 0.440 e. The van der Waals surface area contributed by atoms with E-state index < -0.39 is 0 Å². The Morgan fingerprint density at radius 3 is 3.27 bits per heavy atom. The molecule has 0 spiro atoms. The van der Waals surface area contributed by atoms with Gasteiger partial charge in [-0.3, -0.25) is 0 Å². The molecule has 0 saturated carbocycles. The second-order valence-corrected chi connectivity index (χ2v) is 3.07. The number of aliphatic hydroxyl groups is 1. The normalized spacial score (nSPS) is 11.0. The molecule has 0 saturated heterocycles. The summed E-state index contributed by atoms with van der Waals surface area (Å²) in [6, 6.07) is 1.88. The van der Waals surface area contributed by atoms with Gasteiger partial charge in [-0.1, -0.05) is 0 Å². The van der Waals surface area contributed by atoms with Gasteiger partial charge in [-0.05, 0) is 11.4 Å². The van der Waals surface area contributed by atoms with Crippen LogP contribution < -0.4 is 0 Å². The van der Waals surface area contributed by atoms with Crippen molar-refractivity contribution in [3.05, 3.63) is 17.3 Å². The van der Waals surface area contributed by atoms with Crippen LogP contribution in [0.5, 0.6) is 0 Å². The van der Waals surface area contributed by atoms with Crippen LogP contribution in [0.3, 0.4) is 0 Å². The van der Waals surface area contributed by atoms with Crippen molar-refractivity contribution in [3.63, 3.8) is 0 Å². The van der Waals surface area contributed by atoms with Gasteiger partial charge in [0.2, 0.25) is 0 Å². The zero-order valence-electron chi connectivity index (χ0n) is 5.78. The Labute approximate surface area is 67.3 Å². The van der Waals surface area contributed by atoms with E-state index in [-0.39, 0.29) is 6.61 Å². The van der Waals surface area contributed by atoms with Crippen molar-refractivity contribution in [2.45, 2.75) is 6.42 Å². The number of oxazole rings is 1. The number of aromatic nitrogens is 1. The number of hydrogen-bond acceptors (Lipinski definition) is 4. The average Bonchev–Trinajstić information content (AvgIpc) is 2.46. The van der Waals surface area contributed by atoms with Crippen LogP contribution in [0.25, 0.3) is 10.4 Å². The third kappa shape index (κ3) is 1.15. The topological polar surface area (TPSA) is 46.3 Å². The zero-order chi connectivity index (χ0) is 7.68. The van der Waals surface area contributed by atoms with Gasteiger partial charge >= 0.3 is 0 Å². The molecule has 3 nitrogen and oxygen atoms in total. The predicted molar refractivity (Wildman–Crippen MR) is 42.7 cm³/mol. The maximum absolute atomic E-state index is 8.59. The van der Waals surface area contributed by atoms with E-state index in [1.54, 1.807) is 11.3 Å². The Kier molecular flexibility index (Phi) is 1.63. The number of aliphatic hydroxyl groups excluding tert-OH is 1. The summed E-state index contributed by atoms with van der Waals surface area (Å²) in [4.78, 5) is 5.06. The highest BCUT2D eigenvalue weighted by Gasteiger charge is 2.04. The Balaban J connectivity index is 2.42. The summed E-state index contributed by atoms with van der Waals surface area (Å²) in [6.07, 6.45) is 0.501. The summed E-state index contributed by atoms with van der Waals surface area (Å²) in [5.41, 5.74) is 0.818. The van der Waals surface area contributed by atoms with Crippen LogP contribution >= 0.6 is 11.3 Å². The maximum atomic E-state index is 8.59. The van der Waals surface area contributed by atoms with Gasteiger partial charge in [0, 0.05) is 6.42 Å². The highest BCUT2D eigenvalue weighted by molar-refractivity contribution is 7.16. The fourth-order valence-corrected chi connectivity index (χ4v) is 1.62. The van der Waals surface area contributed by atoms with Gasteiger partial charge in [-0.2, -0.15) is 0 Å². The molecule has 0 unspecified atom stereocenters. The van der Waals surface area contributed by atoms with Crippen molar-refractivity contribution in [3.8, 4) is 0 Å². The molecule has 0 aliphatic carbocycles. The number of fused-ring (bicyclic) bond motifs is 1. The number of rotatable bonds is 2. The molecule has 58 valence electrons. The van der Waals surface area contributed by atoms with Crippen LogP contribution in [0.1, 0.15) is 5.89 Å². The summed E-state index contributed by atoms with van der Waals surface area (Å²) in [7, 11) is 0. The van der Waals surface area contributed by atoms with Crippen molar-refractivity contribution in [1.29, 1.82) is 0 Å². The molecule has 0 amide bonds. The van der Waals surface area contributed by atoms with Crippen molar-refractivity contribution in [2.75, 3.05) is 6.61 Å². The first-order valence-electron chi connectivity index (χ1n) is 3.34. The molecular weight excluding hydrogens is 162 g/mol. The van der Waals surface area contributed by atoms with Crippen LogP contribution in [0, 0.1) is 0 Å². The van der Waals surface area contributed by atoms with Crippen LogP contribution in [0.4, 0.5) is 0 Å². The molecule has 0 aliphatic heterocycles. The van der Waals surface area contributed by atoms with E-state index in [0.29, 0.717) is 12.3 Å². The predicted octanol–water partition coefficient (Wildman–Crippen LogP) is 1.42. The van der Waals surface area contributed by atoms with Gasteiger partial charge in [0.05, 0.1) is 6.61 Å². The second kappa shape index (κ2) is 2.64. The number of thiophene rings is 1. The lowest BCUT2D eigenvalue weighted by Crippen LogP contribution is -1.88. The molecule has 2 rings (SSSR count). The van der Waals surface area contributed by atoms with E-state index in [2.05, 4.69) is 4.98 Å². The standard InChI is InChI=1S/C7H7NO2S/c9-3-1-6-8-7-5(10-6)2-4-11-7/h2,4,9H,1,3H2. The fourth-order valence-electron chi connectivity index (χ4n) is 0.914. The number of hydrogen-bond donors (Lipinski definition) is 1. The summed E-state index contributed by atoms with van der Waals surface area (Å²) >= 11 is 1.55. The van der Waals surface area contributed by atoms with Crippen LogP contribution in [-0.4, -0.2) is 16.7 Å². The SMILES string of the molecule is OCCc1nc2sccc2o1. The molecule has 4 heteroatoms. The molecule has 0 radical (unpaired) electrons. The summed E-state index contributed by atoms with van der Waals surface area (Å²) in [6.45, 7) is 0.0910. The van der Waals surface area contributed by atoms with Crippen molar-refractivity contribution < 1.29 is 9.52 Å². The van der Waals surface area contributed by atoms with E-state index in [9.17, 15) is 0 Å². The molecule has 0 aromatic carbocycles.